The monoisotopic (exact) mass is 458 g/mol. The molecule has 0 spiro atoms. The molecule has 170 valence electrons. The molecule has 10 heteroatoms. The highest BCUT2D eigenvalue weighted by atomic mass is 32.2. The minimum Gasteiger partial charge on any atom is -0.494 e. The number of carbonyl (C=O) groups is 1. The van der Waals surface area contributed by atoms with Crippen LogP contribution in [0.15, 0.2) is 53.6 Å². The fourth-order valence-corrected chi connectivity index (χ4v) is 5.19. The van der Waals surface area contributed by atoms with E-state index in [4.69, 9.17) is 9.47 Å². The lowest BCUT2D eigenvalue weighted by atomic mass is 10.1. The van der Waals surface area contributed by atoms with Gasteiger partial charge in [-0.1, -0.05) is 0 Å². The molecule has 0 aliphatic carbocycles. The number of fused-ring (bicyclic) bond motifs is 1. The Labute approximate surface area is 187 Å². The number of carbonyl (C=O) groups excluding carboxylic acids is 1. The van der Waals surface area contributed by atoms with Crippen LogP contribution in [0.25, 0.3) is 10.9 Å². The molecule has 1 aromatic heterocycles. The van der Waals surface area contributed by atoms with Crippen molar-refractivity contribution in [3.63, 3.8) is 0 Å². The number of esters is 1. The van der Waals surface area contributed by atoms with Crippen LogP contribution < -0.4 is 4.74 Å². The molecule has 9 nitrogen and oxygen atoms in total. The minimum absolute atomic E-state index is 0.272. The number of benzene rings is 2. The molecule has 0 N–H and O–H groups in total. The third kappa shape index (κ3) is 4.47. The maximum atomic E-state index is 13.0. The Morgan fingerprint density at radius 3 is 2.44 bits per heavy atom. The molecule has 0 amide bonds. The van der Waals surface area contributed by atoms with E-state index in [1.54, 1.807) is 42.6 Å². The van der Waals surface area contributed by atoms with Crippen LogP contribution in [0.2, 0.25) is 0 Å². The Morgan fingerprint density at radius 2 is 1.78 bits per heavy atom. The van der Waals surface area contributed by atoms with Gasteiger partial charge in [-0.2, -0.15) is 9.40 Å². The van der Waals surface area contributed by atoms with Crippen LogP contribution in [0, 0.1) is 0 Å². The van der Waals surface area contributed by atoms with E-state index in [2.05, 4.69) is 10.00 Å². The number of methoxy groups -OCH3 is 1. The predicted molar refractivity (Wildman–Crippen MR) is 119 cm³/mol. The fourth-order valence-electron chi connectivity index (χ4n) is 3.77. The molecule has 1 saturated heterocycles. The lowest BCUT2D eigenvalue weighted by Gasteiger charge is -2.33. The molecule has 1 fully saturated rings. The molecule has 0 unspecified atom stereocenters. The molecule has 2 heterocycles. The molecule has 0 atom stereocenters. The number of ether oxygens (including phenoxy) is 2. The molecule has 0 bridgehead atoms. The number of hydrogen-bond acceptors (Lipinski definition) is 7. The van der Waals surface area contributed by atoms with Crippen LogP contribution in [-0.4, -0.2) is 73.3 Å². The van der Waals surface area contributed by atoms with E-state index in [0.29, 0.717) is 50.8 Å². The van der Waals surface area contributed by atoms with E-state index in [-0.39, 0.29) is 10.9 Å². The van der Waals surface area contributed by atoms with Crippen molar-refractivity contribution < 1.29 is 22.7 Å². The summed E-state index contributed by atoms with van der Waals surface area (Å²) in [5.41, 5.74) is 1.38. The number of piperazine rings is 1. The number of hydrogen-bond donors (Lipinski definition) is 0. The average molecular weight is 459 g/mol. The Kier molecular flexibility index (Phi) is 6.45. The van der Waals surface area contributed by atoms with Gasteiger partial charge >= 0.3 is 5.97 Å². The molecule has 32 heavy (non-hydrogen) atoms. The first kappa shape index (κ1) is 22.3. The number of nitrogens with zero attached hydrogens (tertiary/aromatic N) is 4. The summed E-state index contributed by atoms with van der Waals surface area (Å²) in [5, 5.41) is 5.29. The molecule has 0 radical (unpaired) electrons. The van der Waals surface area contributed by atoms with Crippen molar-refractivity contribution >= 4 is 26.9 Å². The summed E-state index contributed by atoms with van der Waals surface area (Å²) in [6.45, 7) is 4.96. The van der Waals surface area contributed by atoms with Gasteiger partial charge in [0.1, 0.15) is 5.75 Å². The van der Waals surface area contributed by atoms with Crippen molar-refractivity contribution in [2.45, 2.75) is 18.5 Å². The molecule has 0 saturated carbocycles. The van der Waals surface area contributed by atoms with E-state index in [9.17, 15) is 13.2 Å². The van der Waals surface area contributed by atoms with Crippen LogP contribution in [0.3, 0.4) is 0 Å². The van der Waals surface area contributed by atoms with E-state index < -0.39 is 10.0 Å². The highest BCUT2D eigenvalue weighted by Gasteiger charge is 2.28. The normalized spacial score (nSPS) is 15.7. The Morgan fingerprint density at radius 1 is 1.06 bits per heavy atom. The van der Waals surface area contributed by atoms with Crippen molar-refractivity contribution in [2.75, 3.05) is 39.9 Å². The van der Waals surface area contributed by atoms with Gasteiger partial charge in [0, 0.05) is 31.6 Å². The second-order valence-electron chi connectivity index (χ2n) is 7.48. The molecule has 1 aliphatic rings. The van der Waals surface area contributed by atoms with Crippen molar-refractivity contribution in [3.05, 3.63) is 54.2 Å². The van der Waals surface area contributed by atoms with Gasteiger partial charge in [0.25, 0.3) is 0 Å². The summed E-state index contributed by atoms with van der Waals surface area (Å²) < 4.78 is 39.5. The van der Waals surface area contributed by atoms with Crippen LogP contribution >= 0.6 is 0 Å². The van der Waals surface area contributed by atoms with Crippen LogP contribution in [0.5, 0.6) is 5.75 Å². The Bertz CT molecular complexity index is 1200. The van der Waals surface area contributed by atoms with Gasteiger partial charge < -0.3 is 9.47 Å². The Hall–Kier alpha value is -2.95. The van der Waals surface area contributed by atoms with Gasteiger partial charge in [-0.25, -0.2) is 13.2 Å². The smallest absolute Gasteiger partial charge is 0.337 e. The average Bonchev–Trinajstić information content (AvgIpc) is 3.21. The first-order valence-electron chi connectivity index (χ1n) is 10.4. The zero-order chi connectivity index (χ0) is 22.7. The molecular weight excluding hydrogens is 432 g/mol. The maximum Gasteiger partial charge on any atom is 0.337 e. The fraction of sp³-hybridized carbons (Fsp3) is 0.364. The summed E-state index contributed by atoms with van der Waals surface area (Å²) in [4.78, 5) is 14.2. The maximum absolute atomic E-state index is 13.0. The largest absolute Gasteiger partial charge is 0.494 e. The number of aromatic nitrogens is 2. The van der Waals surface area contributed by atoms with E-state index in [1.807, 2.05) is 17.7 Å². The summed E-state index contributed by atoms with van der Waals surface area (Å²) in [5.74, 6) is 0.269. The van der Waals surface area contributed by atoms with Crippen LogP contribution in [-0.2, 0) is 21.4 Å². The van der Waals surface area contributed by atoms with Gasteiger partial charge in [-0.15, -0.1) is 0 Å². The molecule has 1 aliphatic heterocycles. The van der Waals surface area contributed by atoms with Gasteiger partial charge in [0.15, 0.2) is 0 Å². The zero-order valence-corrected chi connectivity index (χ0v) is 18.9. The first-order chi connectivity index (χ1) is 15.4. The van der Waals surface area contributed by atoms with Gasteiger partial charge in [0.05, 0.1) is 42.6 Å². The van der Waals surface area contributed by atoms with Crippen molar-refractivity contribution in [1.82, 2.24) is 19.0 Å². The second kappa shape index (κ2) is 9.27. The summed E-state index contributed by atoms with van der Waals surface area (Å²) in [6, 6.07) is 11.9. The third-order valence-electron chi connectivity index (χ3n) is 5.50. The predicted octanol–water partition coefficient (Wildman–Crippen LogP) is 2.19. The molecule has 2 aromatic carbocycles. The lowest BCUT2D eigenvalue weighted by molar-refractivity contribution is 0.0601. The third-order valence-corrected chi connectivity index (χ3v) is 7.41. The number of sulfonamides is 1. The highest BCUT2D eigenvalue weighted by Crippen LogP contribution is 2.22. The standard InChI is InChI=1S/C22H26N4O5S/c1-3-31-19-5-7-20(8-6-19)32(28,29)25-12-10-24(11-13-25)16-26-21-9-4-17(22(27)30-2)14-18(21)15-23-26/h4-9,14-15H,3,10-13,16H2,1-2H3. The van der Waals surface area contributed by atoms with Crippen LogP contribution in [0.1, 0.15) is 17.3 Å². The number of rotatable bonds is 7. The van der Waals surface area contributed by atoms with Gasteiger partial charge in [-0.05, 0) is 49.4 Å². The van der Waals surface area contributed by atoms with Crippen molar-refractivity contribution in [2.24, 2.45) is 0 Å². The van der Waals surface area contributed by atoms with Crippen molar-refractivity contribution in [3.8, 4) is 5.75 Å². The highest BCUT2D eigenvalue weighted by molar-refractivity contribution is 7.89. The molecule has 3 aromatic rings. The second-order valence-corrected chi connectivity index (χ2v) is 9.42. The lowest BCUT2D eigenvalue weighted by Crippen LogP contribution is -2.48. The SMILES string of the molecule is CCOc1ccc(S(=O)(=O)N2CCN(Cn3ncc4cc(C(=O)OC)ccc43)CC2)cc1. The quantitative estimate of drug-likeness (QED) is 0.501. The van der Waals surface area contributed by atoms with Crippen molar-refractivity contribution in [1.29, 1.82) is 0 Å². The molecule has 4 rings (SSSR count). The topological polar surface area (TPSA) is 94.0 Å². The van der Waals surface area contributed by atoms with E-state index >= 15 is 0 Å². The van der Waals surface area contributed by atoms with Crippen LogP contribution in [0.4, 0.5) is 0 Å². The van der Waals surface area contributed by atoms with E-state index in [0.717, 1.165) is 10.9 Å². The minimum atomic E-state index is -3.54. The molecular formula is C22H26N4O5S. The van der Waals surface area contributed by atoms with Gasteiger partial charge in [0.2, 0.25) is 10.0 Å². The van der Waals surface area contributed by atoms with E-state index in [1.165, 1.54) is 11.4 Å². The first-order valence-corrected chi connectivity index (χ1v) is 11.9. The zero-order valence-electron chi connectivity index (χ0n) is 18.1. The summed E-state index contributed by atoms with van der Waals surface area (Å²) in [6.07, 6.45) is 1.72. The Balaban J connectivity index is 1.40. The van der Waals surface area contributed by atoms with Gasteiger partial charge in [-0.3, -0.25) is 9.58 Å². The summed E-state index contributed by atoms with van der Waals surface area (Å²) >= 11 is 0. The summed E-state index contributed by atoms with van der Waals surface area (Å²) in [7, 11) is -2.19.